The van der Waals surface area contributed by atoms with Gasteiger partial charge in [0.2, 0.25) is 5.91 Å². The third-order valence-corrected chi connectivity index (χ3v) is 2.30. The molecule has 16 heavy (non-hydrogen) atoms. The fourth-order valence-electron chi connectivity index (χ4n) is 1.46. The molecule has 4 nitrogen and oxygen atoms in total. The molecule has 1 amide bonds. The summed E-state index contributed by atoms with van der Waals surface area (Å²) in [5.74, 6) is 0.103. The zero-order valence-electron chi connectivity index (χ0n) is 10.8. The van der Waals surface area contributed by atoms with Crippen LogP contribution in [0.1, 0.15) is 34.1 Å². The average molecular weight is 225 g/mol. The van der Waals surface area contributed by atoms with E-state index in [1.165, 1.54) is 0 Å². The Morgan fingerprint density at radius 2 is 2.06 bits per heavy atom. The standard InChI is InChI=1S/C12H23N3O/c1-5-15(9-11(4)8-13)7-6-12(16)14-10(2)3/h10-11H,5-7,9H2,1-4H3,(H,14,16). The van der Waals surface area contributed by atoms with Gasteiger partial charge in [-0.2, -0.15) is 5.26 Å². The normalized spacial score (nSPS) is 12.6. The number of nitrogens with zero attached hydrogens (tertiary/aromatic N) is 2. The lowest BCUT2D eigenvalue weighted by Gasteiger charge is -2.21. The van der Waals surface area contributed by atoms with Crippen LogP contribution < -0.4 is 5.32 Å². The van der Waals surface area contributed by atoms with Crippen LogP contribution in [0.15, 0.2) is 0 Å². The predicted molar refractivity (Wildman–Crippen MR) is 64.8 cm³/mol. The Hall–Kier alpha value is -1.08. The van der Waals surface area contributed by atoms with Crippen molar-refractivity contribution in [3.05, 3.63) is 0 Å². The van der Waals surface area contributed by atoms with Crippen LogP contribution in [-0.2, 0) is 4.79 Å². The van der Waals surface area contributed by atoms with E-state index in [2.05, 4.69) is 16.3 Å². The minimum atomic E-state index is 0.0214. The maximum Gasteiger partial charge on any atom is 0.221 e. The number of rotatable bonds is 7. The molecule has 92 valence electrons. The van der Waals surface area contributed by atoms with E-state index >= 15 is 0 Å². The molecular weight excluding hydrogens is 202 g/mol. The molecule has 0 aromatic heterocycles. The van der Waals surface area contributed by atoms with Gasteiger partial charge >= 0.3 is 0 Å². The van der Waals surface area contributed by atoms with Crippen LogP contribution in [0.4, 0.5) is 0 Å². The summed E-state index contributed by atoms with van der Waals surface area (Å²) in [7, 11) is 0. The summed E-state index contributed by atoms with van der Waals surface area (Å²) < 4.78 is 0. The highest BCUT2D eigenvalue weighted by atomic mass is 16.1. The smallest absolute Gasteiger partial charge is 0.221 e. The van der Waals surface area contributed by atoms with Crippen molar-refractivity contribution in [1.29, 1.82) is 5.26 Å². The second-order valence-electron chi connectivity index (χ2n) is 4.40. The molecule has 0 aliphatic rings. The van der Waals surface area contributed by atoms with Gasteiger partial charge in [0.1, 0.15) is 0 Å². The first-order valence-corrected chi connectivity index (χ1v) is 5.90. The van der Waals surface area contributed by atoms with Crippen LogP contribution in [-0.4, -0.2) is 36.5 Å². The van der Waals surface area contributed by atoms with E-state index in [4.69, 9.17) is 5.26 Å². The van der Waals surface area contributed by atoms with E-state index < -0.39 is 0 Å². The largest absolute Gasteiger partial charge is 0.354 e. The summed E-state index contributed by atoms with van der Waals surface area (Å²) in [5, 5.41) is 11.6. The average Bonchev–Trinajstić information content (AvgIpc) is 2.22. The Kier molecular flexibility index (Phi) is 7.57. The van der Waals surface area contributed by atoms with Crippen LogP contribution in [0.2, 0.25) is 0 Å². The Morgan fingerprint density at radius 1 is 1.44 bits per heavy atom. The second-order valence-corrected chi connectivity index (χ2v) is 4.40. The van der Waals surface area contributed by atoms with Gasteiger partial charge in [0.05, 0.1) is 12.0 Å². The number of hydrogen-bond donors (Lipinski definition) is 1. The molecule has 1 atom stereocenters. The van der Waals surface area contributed by atoms with Crippen molar-refractivity contribution < 1.29 is 4.79 Å². The SMILES string of the molecule is CCN(CCC(=O)NC(C)C)CC(C)C#N. The molecule has 1 unspecified atom stereocenters. The molecule has 0 heterocycles. The minimum Gasteiger partial charge on any atom is -0.354 e. The van der Waals surface area contributed by atoms with Gasteiger partial charge in [0, 0.05) is 25.6 Å². The first-order valence-electron chi connectivity index (χ1n) is 5.90. The molecule has 4 heteroatoms. The lowest BCUT2D eigenvalue weighted by Crippen LogP contribution is -2.35. The predicted octanol–water partition coefficient (Wildman–Crippen LogP) is 1.38. The number of nitriles is 1. The van der Waals surface area contributed by atoms with E-state index in [0.717, 1.165) is 19.6 Å². The zero-order valence-corrected chi connectivity index (χ0v) is 10.8. The van der Waals surface area contributed by atoms with Crippen molar-refractivity contribution in [3.63, 3.8) is 0 Å². The Morgan fingerprint density at radius 3 is 2.50 bits per heavy atom. The summed E-state index contributed by atoms with van der Waals surface area (Å²) in [6.45, 7) is 10.2. The highest BCUT2D eigenvalue weighted by Gasteiger charge is 2.10. The Balaban J connectivity index is 3.87. The van der Waals surface area contributed by atoms with Crippen LogP contribution in [0.5, 0.6) is 0 Å². The third-order valence-electron chi connectivity index (χ3n) is 2.30. The highest BCUT2D eigenvalue weighted by molar-refractivity contribution is 5.76. The minimum absolute atomic E-state index is 0.0214. The molecule has 0 aliphatic heterocycles. The fourth-order valence-corrected chi connectivity index (χ4v) is 1.46. The molecule has 0 aromatic carbocycles. The number of nitrogens with one attached hydrogen (secondary N) is 1. The fraction of sp³-hybridized carbons (Fsp3) is 0.833. The Bertz CT molecular complexity index is 245. The van der Waals surface area contributed by atoms with Gasteiger partial charge in [-0.1, -0.05) is 6.92 Å². The molecule has 0 spiro atoms. The summed E-state index contributed by atoms with van der Waals surface area (Å²) >= 11 is 0. The van der Waals surface area contributed by atoms with Crippen LogP contribution in [0.25, 0.3) is 0 Å². The topological polar surface area (TPSA) is 56.1 Å². The van der Waals surface area contributed by atoms with Crippen molar-refractivity contribution in [1.82, 2.24) is 10.2 Å². The van der Waals surface area contributed by atoms with Crippen molar-refractivity contribution in [2.45, 2.75) is 40.2 Å². The van der Waals surface area contributed by atoms with E-state index in [1.807, 2.05) is 27.7 Å². The molecule has 1 N–H and O–H groups in total. The number of carbonyl (C=O) groups excluding carboxylic acids is 1. The van der Waals surface area contributed by atoms with E-state index in [9.17, 15) is 4.79 Å². The van der Waals surface area contributed by atoms with E-state index in [1.54, 1.807) is 0 Å². The highest BCUT2D eigenvalue weighted by Crippen LogP contribution is 1.99. The molecule has 0 aliphatic carbocycles. The second kappa shape index (κ2) is 8.12. The number of hydrogen-bond acceptors (Lipinski definition) is 3. The van der Waals surface area contributed by atoms with Crippen molar-refractivity contribution >= 4 is 5.91 Å². The first kappa shape index (κ1) is 14.9. The van der Waals surface area contributed by atoms with Gasteiger partial charge < -0.3 is 10.2 Å². The van der Waals surface area contributed by atoms with E-state index in [-0.39, 0.29) is 17.9 Å². The molecule has 0 rings (SSSR count). The number of amides is 1. The maximum atomic E-state index is 11.4. The van der Waals surface area contributed by atoms with Crippen molar-refractivity contribution in [3.8, 4) is 6.07 Å². The summed E-state index contributed by atoms with van der Waals surface area (Å²) in [6.07, 6.45) is 0.504. The Labute approximate surface area is 98.6 Å². The van der Waals surface area contributed by atoms with Crippen LogP contribution in [0.3, 0.4) is 0 Å². The van der Waals surface area contributed by atoms with Crippen molar-refractivity contribution in [2.75, 3.05) is 19.6 Å². The van der Waals surface area contributed by atoms with Crippen LogP contribution >= 0.6 is 0 Å². The van der Waals surface area contributed by atoms with Crippen molar-refractivity contribution in [2.24, 2.45) is 5.92 Å². The van der Waals surface area contributed by atoms with Gasteiger partial charge in [0.15, 0.2) is 0 Å². The van der Waals surface area contributed by atoms with Gasteiger partial charge in [-0.25, -0.2) is 0 Å². The maximum absolute atomic E-state index is 11.4. The lowest BCUT2D eigenvalue weighted by molar-refractivity contribution is -0.121. The van der Waals surface area contributed by atoms with Gasteiger partial charge in [-0.3, -0.25) is 4.79 Å². The molecule has 0 aromatic rings. The quantitative estimate of drug-likeness (QED) is 0.712. The van der Waals surface area contributed by atoms with Gasteiger partial charge in [-0.05, 0) is 27.3 Å². The lowest BCUT2D eigenvalue weighted by atomic mass is 10.2. The first-order chi connectivity index (χ1) is 7.49. The summed E-state index contributed by atoms with van der Waals surface area (Å²) in [5.41, 5.74) is 0. The van der Waals surface area contributed by atoms with E-state index in [0.29, 0.717) is 6.42 Å². The van der Waals surface area contributed by atoms with Gasteiger partial charge in [0.25, 0.3) is 0 Å². The van der Waals surface area contributed by atoms with Crippen LogP contribution in [0, 0.1) is 17.2 Å². The summed E-state index contributed by atoms with van der Waals surface area (Å²) in [4.78, 5) is 13.6. The number of carbonyl (C=O) groups is 1. The molecule has 0 fully saturated rings. The molecule has 0 radical (unpaired) electrons. The summed E-state index contributed by atoms with van der Waals surface area (Å²) in [6, 6.07) is 2.40. The molecule has 0 bridgehead atoms. The van der Waals surface area contributed by atoms with Gasteiger partial charge in [-0.15, -0.1) is 0 Å². The zero-order chi connectivity index (χ0) is 12.6. The molecular formula is C12H23N3O. The third kappa shape index (κ3) is 7.24. The molecule has 0 saturated carbocycles. The monoisotopic (exact) mass is 225 g/mol. The molecule has 0 saturated heterocycles.